The summed E-state index contributed by atoms with van der Waals surface area (Å²) in [6.07, 6.45) is 0. The van der Waals surface area contributed by atoms with Gasteiger partial charge in [-0.25, -0.2) is 4.39 Å². The molecule has 43 heavy (non-hydrogen) atoms. The number of halogens is 2. The van der Waals surface area contributed by atoms with E-state index in [0.29, 0.717) is 23.2 Å². The lowest BCUT2D eigenvalue weighted by Crippen LogP contribution is -2.32. The Morgan fingerprint density at radius 1 is 0.698 bits per heavy atom. The van der Waals surface area contributed by atoms with Gasteiger partial charge in [0, 0.05) is 23.1 Å². The Hall–Kier alpha value is -4.65. The highest BCUT2D eigenvalue weighted by atomic mass is 79.9. The number of nitrogens with one attached hydrogen (secondary N) is 1. The number of rotatable bonds is 5. The van der Waals surface area contributed by atoms with E-state index in [4.69, 9.17) is 0 Å². The van der Waals surface area contributed by atoms with E-state index in [0.717, 1.165) is 11.1 Å². The van der Waals surface area contributed by atoms with Crippen molar-refractivity contribution in [2.75, 3.05) is 11.9 Å². The summed E-state index contributed by atoms with van der Waals surface area (Å²) >= 11 is 3.41. The average molecular weight is 630 g/mol. The van der Waals surface area contributed by atoms with E-state index in [-0.39, 0.29) is 23.6 Å². The maximum atomic E-state index is 14.5. The lowest BCUT2D eigenvalue weighted by Gasteiger charge is -2.21. The van der Waals surface area contributed by atoms with E-state index >= 15 is 0 Å². The SMILES string of the molecule is O=C(CN1Cc2ccc3ccccc3c2-c2c(ccc3ccccc23)C1)Nc1ccc(Br)cc1C(=O)c1ccccc1F. The van der Waals surface area contributed by atoms with Gasteiger partial charge in [-0.3, -0.25) is 14.5 Å². The van der Waals surface area contributed by atoms with Gasteiger partial charge in [-0.1, -0.05) is 101 Å². The Labute approximate surface area is 256 Å². The number of carbonyl (C=O) groups is 2. The second-order valence-electron chi connectivity index (χ2n) is 10.8. The summed E-state index contributed by atoms with van der Waals surface area (Å²) in [5, 5.41) is 7.67. The van der Waals surface area contributed by atoms with Crippen molar-refractivity contribution in [3.63, 3.8) is 0 Å². The summed E-state index contributed by atoms with van der Waals surface area (Å²) < 4.78 is 15.1. The van der Waals surface area contributed by atoms with Crippen LogP contribution < -0.4 is 5.32 Å². The molecule has 6 aromatic carbocycles. The zero-order chi connectivity index (χ0) is 29.5. The van der Waals surface area contributed by atoms with Crippen LogP contribution in [-0.2, 0) is 17.9 Å². The molecule has 1 aliphatic heterocycles. The topological polar surface area (TPSA) is 49.4 Å². The number of nitrogens with zero attached hydrogens (tertiary/aromatic N) is 1. The van der Waals surface area contributed by atoms with Gasteiger partial charge in [-0.15, -0.1) is 0 Å². The third-order valence-corrected chi connectivity index (χ3v) is 8.55. The van der Waals surface area contributed by atoms with E-state index in [9.17, 15) is 14.0 Å². The highest BCUT2D eigenvalue weighted by molar-refractivity contribution is 9.10. The summed E-state index contributed by atoms with van der Waals surface area (Å²) in [7, 11) is 0. The van der Waals surface area contributed by atoms with Crippen LogP contribution in [0.2, 0.25) is 0 Å². The predicted molar refractivity (Wildman–Crippen MR) is 174 cm³/mol. The molecule has 0 bridgehead atoms. The average Bonchev–Trinajstić information content (AvgIpc) is 3.18. The Morgan fingerprint density at radius 2 is 1.28 bits per heavy atom. The van der Waals surface area contributed by atoms with Crippen LogP contribution in [0.1, 0.15) is 27.0 Å². The fourth-order valence-electron chi connectivity index (χ4n) is 6.13. The monoisotopic (exact) mass is 628 g/mol. The molecule has 0 atom stereocenters. The highest BCUT2D eigenvalue weighted by Gasteiger charge is 2.25. The number of benzene rings is 6. The Balaban J connectivity index is 1.24. The summed E-state index contributed by atoms with van der Waals surface area (Å²) in [5.41, 5.74) is 5.24. The standard InChI is InChI=1S/C37H26BrFN2O2/c38-27-17-18-33(31(19-27)37(43)30-11-5-6-12-32(30)39)40-34(42)22-41-20-25-15-13-23-7-1-3-9-28(23)35(25)36-26(21-41)16-14-24-8-2-4-10-29(24)36/h1-19H,20-22H2,(H,40,42). The summed E-state index contributed by atoms with van der Waals surface area (Å²) in [6.45, 7) is 1.28. The Morgan fingerprint density at radius 3 is 1.91 bits per heavy atom. The summed E-state index contributed by atoms with van der Waals surface area (Å²) in [6, 6.07) is 36.4. The zero-order valence-electron chi connectivity index (χ0n) is 23.1. The van der Waals surface area contributed by atoms with Crippen LogP contribution in [0.3, 0.4) is 0 Å². The smallest absolute Gasteiger partial charge is 0.238 e. The van der Waals surface area contributed by atoms with Crippen molar-refractivity contribution >= 4 is 54.9 Å². The number of fused-ring (bicyclic) bond motifs is 7. The van der Waals surface area contributed by atoms with E-state index in [1.165, 1.54) is 44.8 Å². The van der Waals surface area contributed by atoms with Crippen molar-refractivity contribution in [2.45, 2.75) is 13.1 Å². The Kier molecular flexibility index (Phi) is 7.09. The number of hydrogen-bond donors (Lipinski definition) is 1. The third kappa shape index (κ3) is 5.13. The number of amides is 1. The van der Waals surface area contributed by atoms with Gasteiger partial charge < -0.3 is 5.32 Å². The normalized spacial score (nSPS) is 12.9. The minimum atomic E-state index is -0.605. The Bertz CT molecular complexity index is 1990. The quantitative estimate of drug-likeness (QED) is 0.194. The molecule has 0 spiro atoms. The van der Waals surface area contributed by atoms with E-state index in [2.05, 4.69) is 98.9 Å². The molecule has 0 aliphatic carbocycles. The lowest BCUT2D eigenvalue weighted by atomic mass is 9.88. The largest absolute Gasteiger partial charge is 0.324 e. The molecular formula is C37H26BrFN2O2. The molecule has 0 aromatic heterocycles. The van der Waals surface area contributed by atoms with Crippen molar-refractivity contribution in [3.8, 4) is 11.1 Å². The van der Waals surface area contributed by atoms with E-state index in [1.807, 2.05) is 0 Å². The van der Waals surface area contributed by atoms with Crippen LogP contribution in [0.15, 0.2) is 120 Å². The minimum Gasteiger partial charge on any atom is -0.324 e. The van der Waals surface area contributed by atoms with Crippen molar-refractivity contribution in [1.29, 1.82) is 0 Å². The van der Waals surface area contributed by atoms with Gasteiger partial charge in [-0.2, -0.15) is 0 Å². The van der Waals surface area contributed by atoms with Crippen LogP contribution in [0, 0.1) is 5.82 Å². The molecule has 7 rings (SSSR count). The van der Waals surface area contributed by atoms with Crippen molar-refractivity contribution in [3.05, 3.63) is 148 Å². The molecule has 0 fully saturated rings. The molecule has 0 saturated heterocycles. The summed E-state index contributed by atoms with van der Waals surface area (Å²) in [4.78, 5) is 29.0. The van der Waals surface area contributed by atoms with Gasteiger partial charge in [0.1, 0.15) is 5.82 Å². The molecule has 1 aliphatic rings. The van der Waals surface area contributed by atoms with E-state index < -0.39 is 11.6 Å². The molecule has 210 valence electrons. The molecule has 0 saturated carbocycles. The molecular weight excluding hydrogens is 603 g/mol. The number of anilines is 1. The van der Waals surface area contributed by atoms with Crippen molar-refractivity contribution in [1.82, 2.24) is 4.90 Å². The minimum absolute atomic E-state index is 0.0451. The maximum Gasteiger partial charge on any atom is 0.238 e. The summed E-state index contributed by atoms with van der Waals surface area (Å²) in [5.74, 6) is -1.35. The first-order valence-electron chi connectivity index (χ1n) is 14.1. The number of carbonyl (C=O) groups excluding carboxylic acids is 2. The first kappa shape index (κ1) is 27.2. The zero-order valence-corrected chi connectivity index (χ0v) is 24.7. The molecule has 1 N–H and O–H groups in total. The van der Waals surface area contributed by atoms with Gasteiger partial charge in [0.05, 0.1) is 17.8 Å². The molecule has 1 amide bonds. The van der Waals surface area contributed by atoms with Crippen molar-refractivity contribution < 1.29 is 14.0 Å². The maximum absolute atomic E-state index is 14.5. The second-order valence-corrected chi connectivity index (χ2v) is 11.7. The molecule has 4 nitrogen and oxygen atoms in total. The molecule has 1 heterocycles. The van der Waals surface area contributed by atoms with Gasteiger partial charge in [0.25, 0.3) is 0 Å². The predicted octanol–water partition coefficient (Wildman–Crippen LogP) is 8.75. The van der Waals surface area contributed by atoms with Gasteiger partial charge in [-0.05, 0) is 74.1 Å². The van der Waals surface area contributed by atoms with Crippen LogP contribution in [0.5, 0.6) is 0 Å². The van der Waals surface area contributed by atoms with Crippen LogP contribution >= 0.6 is 15.9 Å². The van der Waals surface area contributed by atoms with Gasteiger partial charge in [0.2, 0.25) is 5.91 Å². The number of hydrogen-bond acceptors (Lipinski definition) is 3. The highest BCUT2D eigenvalue weighted by Crippen LogP contribution is 2.42. The molecule has 6 aromatic rings. The fourth-order valence-corrected chi connectivity index (χ4v) is 6.49. The van der Waals surface area contributed by atoms with E-state index in [1.54, 1.807) is 30.3 Å². The van der Waals surface area contributed by atoms with Crippen molar-refractivity contribution in [2.24, 2.45) is 0 Å². The lowest BCUT2D eigenvalue weighted by molar-refractivity contribution is -0.117. The van der Waals surface area contributed by atoms with Crippen LogP contribution in [0.25, 0.3) is 32.7 Å². The molecule has 0 radical (unpaired) electrons. The van der Waals surface area contributed by atoms with Gasteiger partial charge in [0.15, 0.2) is 5.78 Å². The molecule has 0 unspecified atom stereocenters. The fraction of sp³-hybridized carbons (Fsp3) is 0.0811. The second kappa shape index (κ2) is 11.2. The number of ketones is 1. The van der Waals surface area contributed by atoms with Gasteiger partial charge >= 0.3 is 0 Å². The first-order valence-corrected chi connectivity index (χ1v) is 14.9. The van der Waals surface area contributed by atoms with Crippen LogP contribution in [-0.4, -0.2) is 23.1 Å². The van der Waals surface area contributed by atoms with Crippen LogP contribution in [0.4, 0.5) is 10.1 Å². The first-order chi connectivity index (χ1) is 21.0. The molecule has 6 heteroatoms. The third-order valence-electron chi connectivity index (χ3n) is 8.05.